The Bertz CT molecular complexity index is 1790. The second-order valence-electron chi connectivity index (χ2n) is 9.10. The summed E-state index contributed by atoms with van der Waals surface area (Å²) in [5, 5.41) is 14.6. The Hall–Kier alpha value is -4.52. The van der Waals surface area contributed by atoms with Gasteiger partial charge in [-0.15, -0.1) is 0 Å². The van der Waals surface area contributed by atoms with Crippen LogP contribution < -0.4 is 9.62 Å². The Kier molecular flexibility index (Phi) is 6.72. The van der Waals surface area contributed by atoms with Gasteiger partial charge in [0.05, 0.1) is 23.4 Å². The number of benzene rings is 4. The molecule has 0 radical (unpaired) electrons. The average molecular weight is 593 g/mol. The largest absolute Gasteiger partial charge is 0.506 e. The number of halogens is 6. The van der Waals surface area contributed by atoms with E-state index >= 15 is 0 Å². The SMILES string of the molecule is O=C(Nc1cccc2ccccc12)C1=C(O)c2ccccc2N(Cc2cc(C(F)(F)F)cc(C(F)(F)F)c2)S1(=O)=O. The molecule has 13 heteroatoms. The maximum atomic E-state index is 13.8. The van der Waals surface area contributed by atoms with E-state index in [4.69, 9.17) is 0 Å². The third kappa shape index (κ3) is 5.20. The smallest absolute Gasteiger partial charge is 0.416 e. The number of rotatable bonds is 4. The number of alkyl halides is 6. The Morgan fingerprint density at radius 1 is 0.805 bits per heavy atom. The molecular formula is C28H18F6N2O4S. The first-order valence-electron chi connectivity index (χ1n) is 11.8. The number of hydrogen-bond donors (Lipinski definition) is 2. The molecular weight excluding hydrogens is 574 g/mol. The molecule has 0 saturated carbocycles. The van der Waals surface area contributed by atoms with Crippen molar-refractivity contribution in [3.05, 3.63) is 112 Å². The fourth-order valence-corrected chi connectivity index (χ4v) is 6.16. The number of carbonyl (C=O) groups excluding carboxylic acids is 1. The number of nitrogens with zero attached hydrogens (tertiary/aromatic N) is 1. The molecule has 5 rings (SSSR count). The highest BCUT2D eigenvalue weighted by molar-refractivity contribution is 7.97. The minimum atomic E-state index is -5.16. The van der Waals surface area contributed by atoms with E-state index in [2.05, 4.69) is 5.32 Å². The molecule has 0 bridgehead atoms. The van der Waals surface area contributed by atoms with Crippen LogP contribution in [0.5, 0.6) is 0 Å². The van der Waals surface area contributed by atoms with Crippen LogP contribution in [-0.4, -0.2) is 19.4 Å². The van der Waals surface area contributed by atoms with Crippen molar-refractivity contribution in [2.24, 2.45) is 0 Å². The van der Waals surface area contributed by atoms with Crippen molar-refractivity contribution in [1.82, 2.24) is 0 Å². The number of aliphatic hydroxyl groups excluding tert-OH is 1. The zero-order valence-corrected chi connectivity index (χ0v) is 21.4. The van der Waals surface area contributed by atoms with E-state index < -0.39 is 62.2 Å². The van der Waals surface area contributed by atoms with Gasteiger partial charge in [0.2, 0.25) is 0 Å². The summed E-state index contributed by atoms with van der Waals surface area (Å²) in [6.45, 7) is -0.995. The van der Waals surface area contributed by atoms with E-state index in [1.165, 1.54) is 30.3 Å². The van der Waals surface area contributed by atoms with Gasteiger partial charge in [-0.2, -0.15) is 26.3 Å². The lowest BCUT2D eigenvalue weighted by Crippen LogP contribution is -2.39. The monoisotopic (exact) mass is 592 g/mol. The highest BCUT2D eigenvalue weighted by Gasteiger charge is 2.42. The van der Waals surface area contributed by atoms with Crippen LogP contribution in [-0.2, 0) is 33.7 Å². The van der Waals surface area contributed by atoms with Gasteiger partial charge in [-0.05, 0) is 47.3 Å². The second-order valence-corrected chi connectivity index (χ2v) is 10.9. The van der Waals surface area contributed by atoms with Gasteiger partial charge in [-0.1, -0.05) is 48.5 Å². The van der Waals surface area contributed by atoms with E-state index in [1.54, 1.807) is 36.4 Å². The third-order valence-corrected chi connectivity index (χ3v) is 8.21. The molecule has 0 aromatic heterocycles. The topological polar surface area (TPSA) is 86.7 Å². The number of hydrogen-bond acceptors (Lipinski definition) is 4. The molecule has 212 valence electrons. The number of carbonyl (C=O) groups is 1. The van der Waals surface area contributed by atoms with Gasteiger partial charge in [0.25, 0.3) is 15.9 Å². The third-order valence-electron chi connectivity index (χ3n) is 6.41. The summed E-state index contributed by atoms with van der Waals surface area (Å²) in [5.74, 6) is -2.17. The molecule has 0 saturated heterocycles. The maximum absolute atomic E-state index is 13.8. The number of fused-ring (bicyclic) bond motifs is 2. The van der Waals surface area contributed by atoms with E-state index in [-0.39, 0.29) is 23.0 Å². The molecule has 1 amide bonds. The number of anilines is 2. The quantitative estimate of drug-likeness (QED) is 0.248. The Morgan fingerprint density at radius 3 is 2.05 bits per heavy atom. The summed E-state index contributed by atoms with van der Waals surface area (Å²) in [6.07, 6.45) is -10.3. The average Bonchev–Trinajstić information content (AvgIpc) is 2.90. The fraction of sp³-hybridized carbons (Fsp3) is 0.107. The standard InChI is InChI=1S/C28H18F6N2O4S/c29-27(30,31)18-12-16(13-19(14-18)28(32,33)34)15-36-23-11-4-3-9-21(23)24(37)25(41(36,39)40)26(38)35-22-10-5-7-17-6-1-2-8-20(17)22/h1-14,37H,15H2,(H,35,38). The minimum absolute atomic E-state index is 0.0725. The molecule has 0 aliphatic carbocycles. The summed E-state index contributed by atoms with van der Waals surface area (Å²) in [5.41, 5.74) is -4.08. The molecule has 4 aromatic carbocycles. The van der Waals surface area contributed by atoms with E-state index in [9.17, 15) is 44.7 Å². The van der Waals surface area contributed by atoms with Crippen LogP contribution in [0.1, 0.15) is 22.3 Å². The molecule has 0 spiro atoms. The molecule has 0 fully saturated rings. The van der Waals surface area contributed by atoms with E-state index in [0.717, 1.165) is 0 Å². The Labute approximate surface area is 229 Å². The van der Waals surface area contributed by atoms with Gasteiger partial charge in [0.1, 0.15) is 0 Å². The lowest BCUT2D eigenvalue weighted by atomic mass is 10.0. The van der Waals surface area contributed by atoms with Gasteiger partial charge in [-0.25, -0.2) is 8.42 Å². The van der Waals surface area contributed by atoms with Gasteiger partial charge in [-0.3, -0.25) is 9.10 Å². The molecule has 1 aliphatic rings. The van der Waals surface area contributed by atoms with Gasteiger partial charge in [0.15, 0.2) is 10.7 Å². The van der Waals surface area contributed by atoms with Crippen molar-refractivity contribution in [2.45, 2.75) is 18.9 Å². The first-order valence-corrected chi connectivity index (χ1v) is 13.2. The lowest BCUT2D eigenvalue weighted by Gasteiger charge is -2.31. The minimum Gasteiger partial charge on any atom is -0.506 e. The zero-order chi connectivity index (χ0) is 29.7. The molecule has 41 heavy (non-hydrogen) atoms. The highest BCUT2D eigenvalue weighted by atomic mass is 32.2. The number of sulfonamides is 1. The van der Waals surface area contributed by atoms with Crippen molar-refractivity contribution < 1.29 is 44.7 Å². The van der Waals surface area contributed by atoms with Crippen LogP contribution in [0, 0.1) is 0 Å². The zero-order valence-electron chi connectivity index (χ0n) is 20.6. The van der Waals surface area contributed by atoms with Crippen LogP contribution in [0.2, 0.25) is 0 Å². The fourth-order valence-electron chi connectivity index (χ4n) is 4.56. The Balaban J connectivity index is 1.61. The molecule has 4 aromatic rings. The predicted molar refractivity (Wildman–Crippen MR) is 140 cm³/mol. The van der Waals surface area contributed by atoms with Crippen LogP contribution in [0.15, 0.2) is 89.8 Å². The summed E-state index contributed by atoms with van der Waals surface area (Å²) in [7, 11) is -5.01. The molecule has 2 N–H and O–H groups in total. The lowest BCUT2D eigenvalue weighted by molar-refractivity contribution is -0.143. The molecule has 1 heterocycles. The van der Waals surface area contributed by atoms with Crippen molar-refractivity contribution in [3.8, 4) is 0 Å². The normalized spacial score (nSPS) is 15.1. The van der Waals surface area contributed by atoms with E-state index in [0.29, 0.717) is 27.2 Å². The molecule has 1 aliphatic heterocycles. The molecule has 0 atom stereocenters. The van der Waals surface area contributed by atoms with Crippen molar-refractivity contribution >= 4 is 43.8 Å². The Morgan fingerprint density at radius 2 is 1.39 bits per heavy atom. The number of amides is 1. The molecule has 6 nitrogen and oxygen atoms in total. The summed E-state index contributed by atoms with van der Waals surface area (Å²) in [6, 6.07) is 17.7. The summed E-state index contributed by atoms with van der Waals surface area (Å²) < 4.78 is 109. The van der Waals surface area contributed by atoms with Crippen molar-refractivity contribution in [2.75, 3.05) is 9.62 Å². The number of aliphatic hydroxyl groups is 1. The van der Waals surface area contributed by atoms with Crippen molar-refractivity contribution in [1.29, 1.82) is 0 Å². The maximum Gasteiger partial charge on any atom is 0.416 e. The molecule has 0 unspecified atom stereocenters. The van der Waals surface area contributed by atoms with Crippen LogP contribution in [0.4, 0.5) is 37.7 Å². The van der Waals surface area contributed by atoms with Crippen LogP contribution in [0.25, 0.3) is 16.5 Å². The predicted octanol–water partition coefficient (Wildman–Crippen LogP) is 7.09. The highest BCUT2D eigenvalue weighted by Crippen LogP contribution is 2.41. The van der Waals surface area contributed by atoms with Crippen LogP contribution in [0.3, 0.4) is 0 Å². The first kappa shape index (κ1) is 28.0. The first-order chi connectivity index (χ1) is 19.2. The van der Waals surface area contributed by atoms with E-state index in [1.807, 2.05) is 0 Å². The van der Waals surface area contributed by atoms with Gasteiger partial charge in [0, 0.05) is 16.6 Å². The van der Waals surface area contributed by atoms with Crippen LogP contribution >= 0.6 is 0 Å². The summed E-state index contributed by atoms with van der Waals surface area (Å²) in [4.78, 5) is 12.3. The number of nitrogens with one attached hydrogen (secondary N) is 1. The second kappa shape index (κ2) is 9.84. The summed E-state index contributed by atoms with van der Waals surface area (Å²) >= 11 is 0. The van der Waals surface area contributed by atoms with Gasteiger partial charge < -0.3 is 10.4 Å². The number of para-hydroxylation sites is 1. The van der Waals surface area contributed by atoms with Gasteiger partial charge >= 0.3 is 12.4 Å². The van der Waals surface area contributed by atoms with Crippen molar-refractivity contribution in [3.63, 3.8) is 0 Å².